The van der Waals surface area contributed by atoms with E-state index in [-0.39, 0.29) is 0 Å². The summed E-state index contributed by atoms with van der Waals surface area (Å²) in [5.74, 6) is 0.740. The van der Waals surface area contributed by atoms with Gasteiger partial charge in [-0.2, -0.15) is 0 Å². The summed E-state index contributed by atoms with van der Waals surface area (Å²) in [6.45, 7) is 6.86. The van der Waals surface area contributed by atoms with Crippen molar-refractivity contribution < 1.29 is 0 Å². The summed E-state index contributed by atoms with van der Waals surface area (Å²) in [4.78, 5) is 0. The van der Waals surface area contributed by atoms with E-state index in [9.17, 15) is 0 Å². The molecule has 2 N–H and O–H groups in total. The number of rotatable bonds is 4. The first kappa shape index (κ1) is 13.6. The van der Waals surface area contributed by atoms with Crippen LogP contribution in [0.25, 0.3) is 0 Å². The molecule has 0 radical (unpaired) electrons. The van der Waals surface area contributed by atoms with Crippen LogP contribution in [0.3, 0.4) is 0 Å². The quantitative estimate of drug-likeness (QED) is 0.842. The van der Waals surface area contributed by atoms with Gasteiger partial charge in [0.2, 0.25) is 0 Å². The van der Waals surface area contributed by atoms with Crippen molar-refractivity contribution in [3.8, 4) is 0 Å². The molecule has 0 amide bonds. The molecule has 1 aromatic rings. The first-order valence-corrected chi connectivity index (χ1v) is 7.31. The second-order valence-electron chi connectivity index (χ2n) is 6.84. The molecule has 1 aromatic carbocycles. The van der Waals surface area contributed by atoms with E-state index < -0.39 is 0 Å². The van der Waals surface area contributed by atoms with Crippen LogP contribution in [0, 0.1) is 5.41 Å². The molecule has 0 heterocycles. The molecular formula is C17H27N. The molecule has 0 aromatic heterocycles. The summed E-state index contributed by atoms with van der Waals surface area (Å²) in [5.41, 5.74) is 9.50. The van der Waals surface area contributed by atoms with Crippen LogP contribution in [0.2, 0.25) is 0 Å². The van der Waals surface area contributed by atoms with Gasteiger partial charge in [0.1, 0.15) is 0 Å². The minimum atomic E-state index is 0.304. The van der Waals surface area contributed by atoms with Gasteiger partial charge >= 0.3 is 0 Å². The van der Waals surface area contributed by atoms with Crippen molar-refractivity contribution in [3.63, 3.8) is 0 Å². The molecule has 2 atom stereocenters. The molecule has 0 fully saturated rings. The molecule has 0 bridgehead atoms. The zero-order valence-corrected chi connectivity index (χ0v) is 12.1. The van der Waals surface area contributed by atoms with Gasteiger partial charge in [-0.15, -0.1) is 0 Å². The molecule has 0 aliphatic heterocycles. The van der Waals surface area contributed by atoms with Crippen LogP contribution in [-0.2, 0) is 6.42 Å². The normalized spacial score (nSPS) is 21.4. The van der Waals surface area contributed by atoms with Crippen LogP contribution in [0.1, 0.15) is 63.5 Å². The largest absolute Gasteiger partial charge is 0.328 e. The Balaban J connectivity index is 2.11. The first-order chi connectivity index (χ1) is 8.48. The van der Waals surface area contributed by atoms with Crippen LogP contribution >= 0.6 is 0 Å². The smallest absolute Gasteiger partial charge is 0.00155 e. The Bertz CT molecular complexity index is 392. The van der Waals surface area contributed by atoms with E-state index >= 15 is 0 Å². The fourth-order valence-corrected chi connectivity index (χ4v) is 3.69. The van der Waals surface area contributed by atoms with Gasteiger partial charge in [0, 0.05) is 6.04 Å². The molecule has 0 spiro atoms. The maximum Gasteiger partial charge on any atom is 0.00155 e. The second kappa shape index (κ2) is 5.44. The molecule has 1 aliphatic carbocycles. The molecule has 2 unspecified atom stereocenters. The Morgan fingerprint density at radius 1 is 1.33 bits per heavy atom. The standard InChI is InChI=1S/C17H27N/c1-13(18)11-17(2,3)12-15-9-6-8-14-7-4-5-10-16(14)15/h4-5,7,10,13,15H,6,8-9,11-12,18H2,1-3H3. The van der Waals surface area contributed by atoms with Crippen LogP contribution in [0.4, 0.5) is 0 Å². The highest BCUT2D eigenvalue weighted by atomic mass is 14.6. The minimum absolute atomic E-state index is 0.304. The molecule has 0 saturated carbocycles. The molecule has 2 rings (SSSR count). The van der Waals surface area contributed by atoms with Gasteiger partial charge in [0.05, 0.1) is 0 Å². The van der Waals surface area contributed by atoms with Gasteiger partial charge in [-0.05, 0) is 61.5 Å². The lowest BCUT2D eigenvalue weighted by atomic mass is 9.72. The molecular weight excluding hydrogens is 218 g/mol. The topological polar surface area (TPSA) is 26.0 Å². The number of benzene rings is 1. The Kier molecular flexibility index (Phi) is 4.11. The third-order valence-electron chi connectivity index (χ3n) is 4.17. The van der Waals surface area contributed by atoms with Gasteiger partial charge < -0.3 is 5.73 Å². The number of fused-ring (bicyclic) bond motifs is 1. The fraction of sp³-hybridized carbons (Fsp3) is 0.647. The van der Waals surface area contributed by atoms with Crippen molar-refractivity contribution in [1.82, 2.24) is 0 Å². The van der Waals surface area contributed by atoms with Gasteiger partial charge in [0.25, 0.3) is 0 Å². The van der Waals surface area contributed by atoms with Crippen molar-refractivity contribution in [3.05, 3.63) is 35.4 Å². The van der Waals surface area contributed by atoms with Gasteiger partial charge in [-0.1, -0.05) is 38.1 Å². The van der Waals surface area contributed by atoms with Crippen molar-refractivity contribution >= 4 is 0 Å². The summed E-state index contributed by atoms with van der Waals surface area (Å²) in [5, 5.41) is 0. The van der Waals surface area contributed by atoms with Crippen molar-refractivity contribution in [1.29, 1.82) is 0 Å². The van der Waals surface area contributed by atoms with Crippen LogP contribution in [0.15, 0.2) is 24.3 Å². The average molecular weight is 245 g/mol. The lowest BCUT2D eigenvalue weighted by Gasteiger charge is -2.34. The van der Waals surface area contributed by atoms with E-state index in [2.05, 4.69) is 45.0 Å². The number of nitrogens with two attached hydrogens (primary N) is 1. The van der Waals surface area contributed by atoms with E-state index in [1.807, 2.05) is 0 Å². The Labute approximate surface area is 112 Å². The Hall–Kier alpha value is -0.820. The summed E-state index contributed by atoms with van der Waals surface area (Å²) in [6.07, 6.45) is 6.34. The monoisotopic (exact) mass is 245 g/mol. The minimum Gasteiger partial charge on any atom is -0.328 e. The highest BCUT2D eigenvalue weighted by Crippen LogP contribution is 2.41. The van der Waals surface area contributed by atoms with Gasteiger partial charge in [-0.3, -0.25) is 0 Å². The predicted molar refractivity (Wildman–Crippen MR) is 78.8 cm³/mol. The predicted octanol–water partition coefficient (Wildman–Crippen LogP) is 4.26. The van der Waals surface area contributed by atoms with Crippen molar-refractivity contribution in [2.24, 2.45) is 11.1 Å². The van der Waals surface area contributed by atoms with Gasteiger partial charge in [-0.25, -0.2) is 0 Å². The lowest BCUT2D eigenvalue weighted by Crippen LogP contribution is -2.27. The molecule has 1 aliphatic rings. The van der Waals surface area contributed by atoms with E-state index in [1.54, 1.807) is 11.1 Å². The lowest BCUT2D eigenvalue weighted by molar-refractivity contribution is 0.254. The molecule has 18 heavy (non-hydrogen) atoms. The molecule has 1 heteroatoms. The fourth-order valence-electron chi connectivity index (χ4n) is 3.69. The Morgan fingerprint density at radius 3 is 2.78 bits per heavy atom. The van der Waals surface area contributed by atoms with E-state index in [0.29, 0.717) is 11.5 Å². The molecule has 0 saturated heterocycles. The van der Waals surface area contributed by atoms with E-state index in [1.165, 1.54) is 25.7 Å². The summed E-state index contributed by atoms with van der Waals surface area (Å²) >= 11 is 0. The highest BCUT2D eigenvalue weighted by Gasteiger charge is 2.28. The summed E-state index contributed by atoms with van der Waals surface area (Å²) in [7, 11) is 0. The van der Waals surface area contributed by atoms with Crippen LogP contribution in [-0.4, -0.2) is 6.04 Å². The second-order valence-corrected chi connectivity index (χ2v) is 6.84. The molecule has 1 nitrogen and oxygen atoms in total. The van der Waals surface area contributed by atoms with Crippen molar-refractivity contribution in [2.75, 3.05) is 0 Å². The van der Waals surface area contributed by atoms with E-state index in [4.69, 9.17) is 5.73 Å². The maximum atomic E-state index is 5.98. The Morgan fingerprint density at radius 2 is 2.06 bits per heavy atom. The summed E-state index contributed by atoms with van der Waals surface area (Å²) in [6, 6.07) is 9.31. The number of hydrogen-bond acceptors (Lipinski definition) is 1. The van der Waals surface area contributed by atoms with Crippen LogP contribution in [0.5, 0.6) is 0 Å². The number of aryl methyl sites for hydroxylation is 1. The maximum absolute atomic E-state index is 5.98. The summed E-state index contributed by atoms with van der Waals surface area (Å²) < 4.78 is 0. The SMILES string of the molecule is CC(N)CC(C)(C)CC1CCCc2ccccc21. The average Bonchev–Trinajstić information content (AvgIpc) is 2.27. The van der Waals surface area contributed by atoms with Gasteiger partial charge in [0.15, 0.2) is 0 Å². The van der Waals surface area contributed by atoms with E-state index in [0.717, 1.165) is 12.3 Å². The third kappa shape index (κ3) is 3.35. The number of hydrogen-bond donors (Lipinski definition) is 1. The highest BCUT2D eigenvalue weighted by molar-refractivity contribution is 5.32. The first-order valence-electron chi connectivity index (χ1n) is 7.31. The van der Waals surface area contributed by atoms with Crippen LogP contribution < -0.4 is 5.73 Å². The zero-order chi connectivity index (χ0) is 13.2. The zero-order valence-electron chi connectivity index (χ0n) is 12.1. The molecule has 100 valence electrons. The third-order valence-corrected chi connectivity index (χ3v) is 4.17. The van der Waals surface area contributed by atoms with Crippen molar-refractivity contribution in [2.45, 2.75) is 64.8 Å².